The Morgan fingerprint density at radius 2 is 2.31 bits per heavy atom. The van der Waals surface area contributed by atoms with Crippen LogP contribution in [0, 0.1) is 12.8 Å². The van der Waals surface area contributed by atoms with Crippen molar-refractivity contribution in [3.63, 3.8) is 0 Å². The second kappa shape index (κ2) is 5.55. The second-order valence-corrected chi connectivity index (χ2v) is 4.12. The lowest BCUT2D eigenvalue weighted by atomic mass is 10.1. The summed E-state index contributed by atoms with van der Waals surface area (Å²) in [6, 6.07) is 3.83. The van der Waals surface area contributed by atoms with Gasteiger partial charge in [0.15, 0.2) is 0 Å². The van der Waals surface area contributed by atoms with Crippen molar-refractivity contribution in [2.75, 3.05) is 0 Å². The van der Waals surface area contributed by atoms with Crippen LogP contribution in [0.2, 0.25) is 0 Å². The number of hydrogen-bond donors (Lipinski definition) is 2. The van der Waals surface area contributed by atoms with Crippen LogP contribution >= 0.6 is 12.2 Å². The third-order valence-corrected chi connectivity index (χ3v) is 2.61. The van der Waals surface area contributed by atoms with Crippen molar-refractivity contribution in [2.45, 2.75) is 20.4 Å². The van der Waals surface area contributed by atoms with Gasteiger partial charge in [0.25, 0.3) is 0 Å². The summed E-state index contributed by atoms with van der Waals surface area (Å²) in [5.41, 5.74) is 7.29. The first-order chi connectivity index (χ1) is 7.50. The number of pyridine rings is 1. The Hall–Kier alpha value is -1.49. The maximum Gasteiger partial charge on any atom is 0.229 e. The zero-order chi connectivity index (χ0) is 12.1. The van der Waals surface area contributed by atoms with Crippen LogP contribution in [-0.2, 0) is 11.3 Å². The number of nitrogens with two attached hydrogens (primary N) is 1. The van der Waals surface area contributed by atoms with Crippen LogP contribution < -0.4 is 11.1 Å². The van der Waals surface area contributed by atoms with Gasteiger partial charge in [-0.25, -0.2) is 0 Å². The molecule has 0 saturated carbocycles. The van der Waals surface area contributed by atoms with E-state index in [4.69, 9.17) is 18.0 Å². The van der Waals surface area contributed by atoms with Crippen molar-refractivity contribution in [3.05, 3.63) is 29.6 Å². The average Bonchev–Trinajstić information content (AvgIpc) is 2.26. The molecule has 16 heavy (non-hydrogen) atoms. The van der Waals surface area contributed by atoms with E-state index in [0.717, 1.165) is 11.3 Å². The quantitative estimate of drug-likeness (QED) is 0.764. The lowest BCUT2D eigenvalue weighted by molar-refractivity contribution is -0.122. The summed E-state index contributed by atoms with van der Waals surface area (Å²) in [6.45, 7) is 4.04. The zero-order valence-electron chi connectivity index (χ0n) is 9.36. The van der Waals surface area contributed by atoms with Gasteiger partial charge in [-0.3, -0.25) is 9.78 Å². The van der Waals surface area contributed by atoms with Gasteiger partial charge in [-0.05, 0) is 25.5 Å². The van der Waals surface area contributed by atoms with Gasteiger partial charge in [-0.1, -0.05) is 18.3 Å². The van der Waals surface area contributed by atoms with E-state index in [9.17, 15) is 4.79 Å². The van der Waals surface area contributed by atoms with E-state index in [1.165, 1.54) is 0 Å². The predicted octanol–water partition coefficient (Wildman–Crippen LogP) is 0.928. The van der Waals surface area contributed by atoms with Gasteiger partial charge in [-0.15, -0.1) is 0 Å². The fourth-order valence-corrected chi connectivity index (χ4v) is 1.18. The van der Waals surface area contributed by atoms with Crippen LogP contribution in [0.5, 0.6) is 0 Å². The summed E-state index contributed by atoms with van der Waals surface area (Å²) in [4.78, 5) is 15.9. The molecule has 0 radical (unpaired) electrons. The summed E-state index contributed by atoms with van der Waals surface area (Å²) in [7, 11) is 0. The average molecular weight is 237 g/mol. The first kappa shape index (κ1) is 12.6. The van der Waals surface area contributed by atoms with Crippen molar-refractivity contribution in [3.8, 4) is 0 Å². The Bertz CT molecular complexity index is 389. The van der Waals surface area contributed by atoms with E-state index in [-0.39, 0.29) is 10.9 Å². The van der Waals surface area contributed by atoms with Crippen molar-refractivity contribution < 1.29 is 4.79 Å². The SMILES string of the molecule is Cc1ccc(CNC(=O)C(C)C(N)=S)cn1. The number of rotatable bonds is 4. The van der Waals surface area contributed by atoms with Crippen LogP contribution in [-0.4, -0.2) is 15.9 Å². The third-order valence-electron chi connectivity index (χ3n) is 2.26. The molecule has 1 rings (SSSR count). The highest BCUT2D eigenvalue weighted by Gasteiger charge is 2.14. The lowest BCUT2D eigenvalue weighted by Gasteiger charge is -2.10. The number of aromatic nitrogens is 1. The predicted molar refractivity (Wildman–Crippen MR) is 66.8 cm³/mol. The summed E-state index contributed by atoms with van der Waals surface area (Å²) >= 11 is 4.75. The smallest absolute Gasteiger partial charge is 0.229 e. The molecule has 1 heterocycles. The molecule has 3 N–H and O–H groups in total. The highest BCUT2D eigenvalue weighted by atomic mass is 32.1. The fourth-order valence-electron chi connectivity index (χ4n) is 1.07. The molecule has 0 aliphatic rings. The van der Waals surface area contributed by atoms with Gasteiger partial charge >= 0.3 is 0 Å². The molecular formula is C11H15N3OS. The molecule has 1 unspecified atom stereocenters. The first-order valence-corrected chi connectivity index (χ1v) is 5.40. The van der Waals surface area contributed by atoms with Crippen LogP contribution in [0.4, 0.5) is 0 Å². The van der Waals surface area contributed by atoms with Gasteiger partial charge in [0.1, 0.15) is 0 Å². The number of aryl methyl sites for hydroxylation is 1. The molecule has 0 aliphatic heterocycles. The molecule has 0 aliphatic carbocycles. The van der Waals surface area contributed by atoms with Crippen LogP contribution in [0.25, 0.3) is 0 Å². The normalized spacial score (nSPS) is 11.9. The Balaban J connectivity index is 2.49. The molecule has 0 spiro atoms. The minimum absolute atomic E-state index is 0.159. The molecule has 5 heteroatoms. The molecule has 1 aromatic heterocycles. The Morgan fingerprint density at radius 1 is 1.62 bits per heavy atom. The molecule has 0 fully saturated rings. The fraction of sp³-hybridized carbons (Fsp3) is 0.364. The van der Waals surface area contributed by atoms with E-state index >= 15 is 0 Å². The second-order valence-electron chi connectivity index (χ2n) is 3.65. The Morgan fingerprint density at radius 3 is 2.81 bits per heavy atom. The van der Waals surface area contributed by atoms with Gasteiger partial charge in [0.2, 0.25) is 5.91 Å². The first-order valence-electron chi connectivity index (χ1n) is 4.99. The standard InChI is InChI=1S/C11H15N3OS/c1-7-3-4-9(5-13-7)6-14-11(15)8(2)10(12)16/h3-5,8H,6H2,1-2H3,(H2,12,16)(H,14,15). The summed E-state index contributed by atoms with van der Waals surface area (Å²) < 4.78 is 0. The lowest BCUT2D eigenvalue weighted by Crippen LogP contribution is -2.35. The number of hydrogen-bond acceptors (Lipinski definition) is 3. The minimum Gasteiger partial charge on any atom is -0.393 e. The van der Waals surface area contributed by atoms with E-state index in [0.29, 0.717) is 6.54 Å². The van der Waals surface area contributed by atoms with Crippen molar-refractivity contribution >= 4 is 23.1 Å². The number of nitrogens with one attached hydrogen (secondary N) is 1. The largest absolute Gasteiger partial charge is 0.393 e. The van der Waals surface area contributed by atoms with Crippen molar-refractivity contribution in [2.24, 2.45) is 11.7 Å². The number of carbonyl (C=O) groups excluding carboxylic acids is 1. The molecule has 0 bridgehead atoms. The third kappa shape index (κ3) is 3.58. The summed E-state index contributed by atoms with van der Waals surface area (Å²) in [5, 5.41) is 2.75. The van der Waals surface area contributed by atoms with Gasteiger partial charge in [0.05, 0.1) is 10.9 Å². The summed E-state index contributed by atoms with van der Waals surface area (Å²) in [5.74, 6) is -0.596. The highest BCUT2D eigenvalue weighted by molar-refractivity contribution is 7.80. The van der Waals surface area contributed by atoms with Gasteiger partial charge in [-0.2, -0.15) is 0 Å². The highest BCUT2D eigenvalue weighted by Crippen LogP contribution is 2.00. The van der Waals surface area contributed by atoms with Gasteiger partial charge in [0, 0.05) is 18.4 Å². The Kier molecular flexibility index (Phi) is 4.37. The van der Waals surface area contributed by atoms with Crippen molar-refractivity contribution in [1.82, 2.24) is 10.3 Å². The maximum atomic E-state index is 11.5. The number of nitrogens with zero attached hydrogens (tertiary/aromatic N) is 1. The van der Waals surface area contributed by atoms with Crippen LogP contribution in [0.3, 0.4) is 0 Å². The van der Waals surface area contributed by atoms with E-state index in [1.54, 1.807) is 13.1 Å². The van der Waals surface area contributed by atoms with E-state index < -0.39 is 5.92 Å². The topological polar surface area (TPSA) is 68.0 Å². The van der Waals surface area contributed by atoms with Crippen molar-refractivity contribution in [1.29, 1.82) is 0 Å². The van der Waals surface area contributed by atoms with E-state index in [1.807, 2.05) is 19.1 Å². The van der Waals surface area contributed by atoms with Crippen LogP contribution in [0.1, 0.15) is 18.2 Å². The monoisotopic (exact) mass is 237 g/mol. The molecule has 1 atom stereocenters. The number of thiocarbonyl (C=S) groups is 1. The molecule has 86 valence electrons. The zero-order valence-corrected chi connectivity index (χ0v) is 10.2. The van der Waals surface area contributed by atoms with E-state index in [2.05, 4.69) is 10.3 Å². The Labute approximate surface area is 100 Å². The number of carbonyl (C=O) groups is 1. The number of amides is 1. The molecule has 0 aromatic carbocycles. The van der Waals surface area contributed by atoms with Gasteiger partial charge < -0.3 is 11.1 Å². The molecule has 0 saturated heterocycles. The summed E-state index contributed by atoms with van der Waals surface area (Å²) in [6.07, 6.45) is 1.74. The minimum atomic E-state index is -0.437. The molecule has 1 amide bonds. The van der Waals surface area contributed by atoms with Crippen LogP contribution in [0.15, 0.2) is 18.3 Å². The maximum absolute atomic E-state index is 11.5. The molecular weight excluding hydrogens is 222 g/mol. The molecule has 4 nitrogen and oxygen atoms in total. The molecule has 1 aromatic rings.